The summed E-state index contributed by atoms with van der Waals surface area (Å²) >= 11 is 0. The molecule has 0 aromatic carbocycles. The molecule has 0 spiro atoms. The molecule has 1 unspecified atom stereocenters. The summed E-state index contributed by atoms with van der Waals surface area (Å²) in [7, 11) is 0. The Labute approximate surface area is 198 Å². The Hall–Kier alpha value is -3.35. The normalized spacial score (nSPS) is 19.1. The highest BCUT2D eigenvalue weighted by Crippen LogP contribution is 2.27. The van der Waals surface area contributed by atoms with E-state index in [1.165, 1.54) is 16.8 Å². The van der Waals surface area contributed by atoms with Crippen molar-refractivity contribution in [1.82, 2.24) is 24.4 Å². The van der Waals surface area contributed by atoms with E-state index < -0.39 is 47.6 Å². The molecule has 190 valence electrons. The molecule has 35 heavy (non-hydrogen) atoms. The van der Waals surface area contributed by atoms with E-state index in [4.69, 9.17) is 4.74 Å². The molecule has 1 atom stereocenters. The number of nitrogens with zero attached hydrogens (tertiary/aromatic N) is 4. The molecule has 1 saturated heterocycles. The summed E-state index contributed by atoms with van der Waals surface area (Å²) in [4.78, 5) is 39.2. The lowest BCUT2D eigenvalue weighted by Gasteiger charge is -2.33. The highest BCUT2D eigenvalue weighted by Gasteiger charge is 2.44. The fraction of sp³-hybridized carbons (Fsp3) is 0.545. The van der Waals surface area contributed by atoms with Crippen LogP contribution in [0.2, 0.25) is 0 Å². The number of alkyl halides is 3. The van der Waals surface area contributed by atoms with Gasteiger partial charge < -0.3 is 20.1 Å². The third-order valence-electron chi connectivity index (χ3n) is 5.75. The van der Waals surface area contributed by atoms with Gasteiger partial charge in [-0.05, 0) is 24.8 Å². The number of fused-ring (bicyclic) bond motifs is 1. The summed E-state index contributed by atoms with van der Waals surface area (Å²) in [5.41, 5.74) is -0.807. The van der Waals surface area contributed by atoms with E-state index in [-0.39, 0.29) is 42.9 Å². The molecule has 2 aromatic heterocycles. The summed E-state index contributed by atoms with van der Waals surface area (Å²) in [5, 5.41) is 17.6. The van der Waals surface area contributed by atoms with E-state index in [9.17, 15) is 32.7 Å². The van der Waals surface area contributed by atoms with Crippen molar-refractivity contribution < 1.29 is 32.6 Å². The van der Waals surface area contributed by atoms with Crippen LogP contribution in [-0.4, -0.2) is 74.0 Å². The van der Waals surface area contributed by atoms with Gasteiger partial charge in [-0.1, -0.05) is 13.8 Å². The topological polar surface area (TPSA) is 118 Å². The number of aromatic hydroxyl groups is 1. The minimum Gasteiger partial charge on any atom is -0.494 e. The number of nitrogens with one attached hydrogen (secondary N) is 1. The fourth-order valence-corrected chi connectivity index (χ4v) is 3.86. The highest BCUT2D eigenvalue weighted by molar-refractivity contribution is 5.97. The van der Waals surface area contributed by atoms with Gasteiger partial charge in [-0.15, -0.1) is 0 Å². The van der Waals surface area contributed by atoms with E-state index in [2.05, 4.69) is 10.4 Å². The Bertz CT molecular complexity index is 1230. The number of halogens is 3. The Morgan fingerprint density at radius 2 is 2.06 bits per heavy atom. The Morgan fingerprint density at radius 1 is 1.34 bits per heavy atom. The van der Waals surface area contributed by atoms with Crippen LogP contribution in [0.25, 0.3) is 11.7 Å². The highest BCUT2D eigenvalue weighted by atomic mass is 19.4. The van der Waals surface area contributed by atoms with Gasteiger partial charge in [0.25, 0.3) is 11.5 Å². The second-order valence-corrected chi connectivity index (χ2v) is 9.11. The number of rotatable bonds is 6. The van der Waals surface area contributed by atoms with Crippen LogP contribution in [0.5, 0.6) is 5.88 Å². The average molecular weight is 497 g/mol. The third kappa shape index (κ3) is 5.19. The lowest BCUT2D eigenvalue weighted by atomic mass is 10.2. The summed E-state index contributed by atoms with van der Waals surface area (Å²) < 4.78 is 46.0. The number of ether oxygens (including phenoxy) is 1. The second kappa shape index (κ2) is 9.36. The molecule has 10 nitrogen and oxygen atoms in total. The van der Waals surface area contributed by atoms with Crippen LogP contribution in [0.1, 0.15) is 42.6 Å². The molecule has 13 heteroatoms. The zero-order valence-electron chi connectivity index (χ0n) is 19.2. The van der Waals surface area contributed by atoms with Crippen molar-refractivity contribution in [2.75, 3.05) is 19.7 Å². The monoisotopic (exact) mass is 497 g/mol. The summed E-state index contributed by atoms with van der Waals surface area (Å²) in [6, 6.07) is -0.0326. The van der Waals surface area contributed by atoms with Gasteiger partial charge in [-0.2, -0.15) is 22.8 Å². The summed E-state index contributed by atoms with van der Waals surface area (Å²) in [6.07, 6.45) is -1.35. The molecule has 1 aliphatic carbocycles. The van der Waals surface area contributed by atoms with Gasteiger partial charge in [0.2, 0.25) is 11.8 Å². The predicted octanol–water partition coefficient (Wildman–Crippen LogP) is 1.55. The van der Waals surface area contributed by atoms with Crippen LogP contribution in [0.3, 0.4) is 0 Å². The largest absolute Gasteiger partial charge is 0.494 e. The van der Waals surface area contributed by atoms with Gasteiger partial charge in [0.15, 0.2) is 11.7 Å². The molecular formula is C22H26F3N5O5. The number of aromatic nitrogens is 3. The van der Waals surface area contributed by atoms with Crippen LogP contribution < -0.4 is 10.9 Å². The first-order valence-electron chi connectivity index (χ1n) is 11.3. The second-order valence-electron chi connectivity index (χ2n) is 9.11. The SMILES string of the molecule is CC(C)Cn1c(O)c(C(=O)NC2CC2)c(=O)n2ncc(C=CC(=O)N3CCOC(C(F)(F)F)C3)c12. The molecular weight excluding hydrogens is 471 g/mol. The third-order valence-corrected chi connectivity index (χ3v) is 5.75. The van der Waals surface area contributed by atoms with Crippen LogP contribution in [0.4, 0.5) is 13.2 Å². The van der Waals surface area contributed by atoms with Crippen molar-refractivity contribution in [2.45, 2.75) is 51.6 Å². The van der Waals surface area contributed by atoms with Crippen LogP contribution in [0.15, 0.2) is 17.1 Å². The van der Waals surface area contributed by atoms with Crippen molar-refractivity contribution in [1.29, 1.82) is 0 Å². The van der Waals surface area contributed by atoms with Crippen molar-refractivity contribution in [3.8, 4) is 5.88 Å². The van der Waals surface area contributed by atoms with Gasteiger partial charge >= 0.3 is 6.18 Å². The first-order valence-corrected chi connectivity index (χ1v) is 11.3. The van der Waals surface area contributed by atoms with Crippen LogP contribution >= 0.6 is 0 Å². The number of amides is 2. The zero-order chi connectivity index (χ0) is 25.5. The van der Waals surface area contributed by atoms with Crippen molar-refractivity contribution >= 4 is 23.5 Å². The number of morpholine rings is 1. The van der Waals surface area contributed by atoms with Gasteiger partial charge in [-0.25, -0.2) is 0 Å². The smallest absolute Gasteiger partial charge is 0.416 e. The first kappa shape index (κ1) is 24.8. The molecule has 0 bridgehead atoms. The maximum atomic E-state index is 13.0. The zero-order valence-corrected chi connectivity index (χ0v) is 19.2. The molecule has 3 heterocycles. The number of hydrogen-bond donors (Lipinski definition) is 2. The minimum atomic E-state index is -4.58. The molecule has 1 saturated carbocycles. The molecule has 4 rings (SSSR count). The lowest BCUT2D eigenvalue weighted by Crippen LogP contribution is -2.50. The van der Waals surface area contributed by atoms with E-state index >= 15 is 0 Å². The maximum Gasteiger partial charge on any atom is 0.416 e. The van der Waals surface area contributed by atoms with E-state index in [1.54, 1.807) is 0 Å². The maximum absolute atomic E-state index is 13.0. The van der Waals surface area contributed by atoms with Gasteiger partial charge in [0, 0.05) is 30.8 Å². The quantitative estimate of drug-likeness (QED) is 0.585. The van der Waals surface area contributed by atoms with E-state index in [1.807, 2.05) is 13.8 Å². The Kier molecular flexibility index (Phi) is 6.62. The van der Waals surface area contributed by atoms with E-state index in [0.29, 0.717) is 0 Å². The molecule has 1 aliphatic heterocycles. The van der Waals surface area contributed by atoms with Gasteiger partial charge in [0.05, 0.1) is 19.3 Å². The van der Waals surface area contributed by atoms with Crippen LogP contribution in [-0.2, 0) is 16.1 Å². The number of carbonyl (C=O) groups excluding carboxylic acids is 2. The van der Waals surface area contributed by atoms with Gasteiger partial charge in [-0.3, -0.25) is 19.0 Å². The van der Waals surface area contributed by atoms with Crippen LogP contribution in [0, 0.1) is 5.92 Å². The summed E-state index contributed by atoms with van der Waals surface area (Å²) in [6.45, 7) is 3.12. The molecule has 2 aromatic rings. The average Bonchev–Trinajstić information content (AvgIpc) is 3.49. The standard InChI is InChI=1S/C22H26F3N5O5/c1-12(2)10-29-19-13(3-6-16(31)28-7-8-35-15(11-28)22(23,24)25)9-26-30(19)21(34)17(20(29)33)18(32)27-14-4-5-14/h3,6,9,12,14-15,33H,4-5,7-8,10-11H2,1-2H3,(H,27,32). The molecule has 2 amide bonds. The summed E-state index contributed by atoms with van der Waals surface area (Å²) in [5.74, 6) is -1.86. The molecule has 2 fully saturated rings. The van der Waals surface area contributed by atoms with E-state index in [0.717, 1.165) is 28.3 Å². The fourth-order valence-electron chi connectivity index (χ4n) is 3.86. The number of hydrogen-bond acceptors (Lipinski definition) is 6. The van der Waals surface area contributed by atoms with Crippen molar-refractivity contribution in [3.63, 3.8) is 0 Å². The molecule has 2 aliphatic rings. The van der Waals surface area contributed by atoms with Crippen molar-refractivity contribution in [3.05, 3.63) is 33.8 Å². The minimum absolute atomic E-state index is 0.00280. The Balaban J connectivity index is 1.68. The molecule has 2 N–H and O–H groups in total. The lowest BCUT2D eigenvalue weighted by molar-refractivity contribution is -0.235. The Morgan fingerprint density at radius 3 is 2.69 bits per heavy atom. The molecule has 0 radical (unpaired) electrons. The van der Waals surface area contributed by atoms with Gasteiger partial charge in [0.1, 0.15) is 5.65 Å². The predicted molar refractivity (Wildman–Crippen MR) is 118 cm³/mol. The van der Waals surface area contributed by atoms with Crippen molar-refractivity contribution in [2.24, 2.45) is 5.92 Å². The first-order chi connectivity index (χ1) is 16.5. The number of carbonyl (C=O) groups is 2.